The normalized spacial score (nSPS) is 16.2. The lowest BCUT2D eigenvalue weighted by Crippen LogP contribution is -2.58. The first-order valence-electron chi connectivity index (χ1n) is 22.1. The largest absolute Gasteiger partial charge is 0.314 e. The summed E-state index contributed by atoms with van der Waals surface area (Å²) in [6.07, 6.45) is -0.409. The zero-order valence-electron chi connectivity index (χ0n) is 39.2. The molecule has 310 valence electrons. The topological polar surface area (TPSA) is 13.0 Å². The van der Waals surface area contributed by atoms with E-state index in [1.54, 1.807) is 0 Å². The van der Waals surface area contributed by atoms with Crippen molar-refractivity contribution in [1.82, 2.24) is 0 Å². The Morgan fingerprint density at radius 2 is 0.517 bits per heavy atom. The molecular weight excluding hydrogens is 729 g/mol. The second-order valence-corrected chi connectivity index (χ2v) is 18.9. The van der Waals surface area contributed by atoms with Crippen LogP contribution in [0, 0.1) is 83.1 Å². The fourth-order valence-corrected chi connectivity index (χ4v) is 9.70. The van der Waals surface area contributed by atoms with E-state index in [0.29, 0.717) is 11.8 Å². The van der Waals surface area contributed by atoms with Crippen molar-refractivity contribution in [2.45, 2.75) is 135 Å². The third-order valence-corrected chi connectivity index (χ3v) is 14.5. The lowest BCUT2D eigenvalue weighted by Gasteiger charge is -2.45. The number of anilines is 8. The average molecular weight is 795 g/mol. The van der Waals surface area contributed by atoms with E-state index in [1.165, 1.54) is 123 Å². The summed E-state index contributed by atoms with van der Waals surface area (Å²) < 4.78 is 0. The zero-order chi connectivity index (χ0) is 43.2. The summed E-state index contributed by atoms with van der Waals surface area (Å²) >= 11 is 0. The molecule has 6 aromatic rings. The lowest BCUT2D eigenvalue weighted by atomic mass is 10.00. The Bertz CT molecular complexity index is 2400. The van der Waals surface area contributed by atoms with Crippen LogP contribution in [0.4, 0.5) is 45.5 Å². The summed E-state index contributed by atoms with van der Waals surface area (Å²) in [5.41, 5.74) is 28.4. The van der Waals surface area contributed by atoms with E-state index in [2.05, 4.69) is 215 Å². The zero-order valence-corrected chi connectivity index (χ0v) is 39.2. The predicted molar refractivity (Wildman–Crippen MR) is 260 cm³/mol. The van der Waals surface area contributed by atoms with E-state index in [1.807, 2.05) is 0 Å². The number of benzene rings is 6. The van der Waals surface area contributed by atoms with Crippen molar-refractivity contribution in [3.8, 4) is 0 Å². The summed E-state index contributed by atoms with van der Waals surface area (Å²) in [6, 6.07) is 34.0. The van der Waals surface area contributed by atoms with Gasteiger partial charge in [-0.05, 0) is 246 Å². The smallest absolute Gasteiger partial charge is 0.151 e. The quantitative estimate of drug-likeness (QED) is 0.160. The van der Waals surface area contributed by atoms with Gasteiger partial charge in [0.15, 0.2) is 12.3 Å². The van der Waals surface area contributed by atoms with Gasteiger partial charge in [0, 0.05) is 22.7 Å². The molecule has 0 aromatic heterocycles. The van der Waals surface area contributed by atoms with Gasteiger partial charge in [-0.1, -0.05) is 39.8 Å². The average Bonchev–Trinajstić information content (AvgIpc) is 3.71. The highest BCUT2D eigenvalue weighted by Crippen LogP contribution is 2.57. The molecule has 0 fully saturated rings. The number of hydrogen-bond donors (Lipinski definition) is 0. The molecule has 2 aliphatic heterocycles. The van der Waals surface area contributed by atoms with E-state index in [0.717, 1.165) is 0 Å². The molecule has 2 heterocycles. The van der Waals surface area contributed by atoms with Crippen molar-refractivity contribution in [1.29, 1.82) is 0 Å². The summed E-state index contributed by atoms with van der Waals surface area (Å²) in [7, 11) is 0. The minimum absolute atomic E-state index is 0.204. The summed E-state index contributed by atoms with van der Waals surface area (Å²) in [6.45, 7) is 36.5. The molecule has 60 heavy (non-hydrogen) atoms. The van der Waals surface area contributed by atoms with Gasteiger partial charge in [-0.25, -0.2) is 0 Å². The van der Waals surface area contributed by atoms with Crippen LogP contribution in [0.25, 0.3) is 0 Å². The third kappa shape index (κ3) is 6.67. The van der Waals surface area contributed by atoms with Gasteiger partial charge >= 0.3 is 0 Å². The highest BCUT2D eigenvalue weighted by atomic mass is 15.5. The molecule has 0 saturated carbocycles. The molecule has 2 atom stereocenters. The predicted octanol–water partition coefficient (Wildman–Crippen LogP) is 15.6. The molecule has 6 aromatic carbocycles. The fourth-order valence-electron chi connectivity index (χ4n) is 9.70. The molecule has 0 bridgehead atoms. The van der Waals surface area contributed by atoms with Gasteiger partial charge in [-0.2, -0.15) is 0 Å². The third-order valence-electron chi connectivity index (χ3n) is 14.5. The maximum Gasteiger partial charge on any atom is 0.151 e. The van der Waals surface area contributed by atoms with Crippen molar-refractivity contribution in [3.05, 3.63) is 163 Å². The summed E-state index contributed by atoms with van der Waals surface area (Å²) in [5, 5.41) is 0. The fraction of sp³-hybridized carbons (Fsp3) is 0.357. The van der Waals surface area contributed by atoms with E-state index in [-0.39, 0.29) is 12.3 Å². The van der Waals surface area contributed by atoms with E-state index < -0.39 is 0 Å². The van der Waals surface area contributed by atoms with Gasteiger partial charge in [0.05, 0.1) is 22.7 Å². The Morgan fingerprint density at radius 3 is 0.733 bits per heavy atom. The second-order valence-electron chi connectivity index (χ2n) is 18.9. The minimum Gasteiger partial charge on any atom is -0.314 e. The summed E-state index contributed by atoms with van der Waals surface area (Å²) in [5.74, 6) is 0.760. The summed E-state index contributed by atoms with van der Waals surface area (Å²) in [4.78, 5) is 10.8. The van der Waals surface area contributed by atoms with Crippen molar-refractivity contribution >= 4 is 45.5 Å². The molecule has 0 aliphatic carbocycles. The number of rotatable bonds is 7. The van der Waals surface area contributed by atoms with Gasteiger partial charge in [0.25, 0.3) is 0 Å². The second kappa shape index (κ2) is 15.2. The molecule has 0 radical (unpaired) electrons. The molecule has 0 amide bonds. The SMILES string of the molecule is Cc1cc(N2c3ccc(C(C)C)cc3N(c3cc(C)c(C)c(C)c3)C2C2N(c3cc(C)c(C)c(C)c3)c3ccc(C(C)C)cc3N2c2cc(C)c(C)c(C)c2)cc(C)c1C. The van der Waals surface area contributed by atoms with E-state index >= 15 is 0 Å². The maximum atomic E-state index is 2.70. The molecule has 2 unspecified atom stereocenters. The van der Waals surface area contributed by atoms with E-state index in [4.69, 9.17) is 0 Å². The van der Waals surface area contributed by atoms with Crippen molar-refractivity contribution in [2.75, 3.05) is 19.6 Å². The number of aryl methyl sites for hydroxylation is 8. The van der Waals surface area contributed by atoms with Gasteiger partial charge < -0.3 is 19.6 Å². The van der Waals surface area contributed by atoms with Crippen molar-refractivity contribution in [3.63, 3.8) is 0 Å². The molecule has 0 spiro atoms. The Kier molecular flexibility index (Phi) is 10.5. The van der Waals surface area contributed by atoms with Gasteiger partial charge in [-0.15, -0.1) is 0 Å². The van der Waals surface area contributed by atoms with Crippen LogP contribution >= 0.6 is 0 Å². The van der Waals surface area contributed by atoms with Gasteiger partial charge in [0.1, 0.15) is 0 Å². The lowest BCUT2D eigenvalue weighted by molar-refractivity contribution is 0.549. The van der Waals surface area contributed by atoms with Crippen LogP contribution < -0.4 is 19.6 Å². The first-order chi connectivity index (χ1) is 28.4. The molecule has 0 N–H and O–H groups in total. The Balaban J connectivity index is 1.55. The van der Waals surface area contributed by atoms with E-state index in [9.17, 15) is 0 Å². The van der Waals surface area contributed by atoms with Crippen LogP contribution in [-0.2, 0) is 0 Å². The first kappa shape index (κ1) is 41.3. The van der Waals surface area contributed by atoms with Gasteiger partial charge in [0.2, 0.25) is 0 Å². The Labute approximate surface area is 361 Å². The number of hydrogen-bond acceptors (Lipinski definition) is 4. The van der Waals surface area contributed by atoms with Crippen LogP contribution in [0.5, 0.6) is 0 Å². The van der Waals surface area contributed by atoms with Crippen LogP contribution in [0.1, 0.15) is 117 Å². The number of nitrogens with zero attached hydrogens (tertiary/aromatic N) is 4. The maximum absolute atomic E-state index is 2.70. The minimum atomic E-state index is -0.204. The highest BCUT2D eigenvalue weighted by Gasteiger charge is 2.52. The molecule has 2 aliphatic rings. The molecule has 8 rings (SSSR count). The first-order valence-corrected chi connectivity index (χ1v) is 22.1. The van der Waals surface area contributed by atoms with Crippen LogP contribution in [0.15, 0.2) is 84.9 Å². The van der Waals surface area contributed by atoms with Gasteiger partial charge in [-0.3, -0.25) is 0 Å². The Hall–Kier alpha value is -5.48. The molecule has 4 heteroatoms. The standard InChI is InChI=1S/C56H66N4/c1-31(2)45-17-19-51-53(29-45)59(49-25-37(9)43(15)38(10)26-49)55(57(51)47-21-33(5)41(13)34(6)22-47)56-58(48-23-35(7)42(14)36(8)24-48)52-20-18-46(32(3)4)30-54(52)60(56)50-27-39(11)44(16)40(12)28-50/h17-32,55-56H,1-16H3. The Morgan fingerprint density at radius 1 is 0.300 bits per heavy atom. The van der Waals surface area contributed by atoms with Crippen LogP contribution in [0.3, 0.4) is 0 Å². The molecular formula is C56H66N4. The molecule has 4 nitrogen and oxygen atoms in total. The highest BCUT2D eigenvalue weighted by molar-refractivity contribution is 5.95. The van der Waals surface area contributed by atoms with Crippen molar-refractivity contribution < 1.29 is 0 Å². The van der Waals surface area contributed by atoms with Crippen LogP contribution in [-0.4, -0.2) is 12.3 Å². The molecule has 0 saturated heterocycles. The van der Waals surface area contributed by atoms with Crippen molar-refractivity contribution in [2.24, 2.45) is 0 Å². The number of fused-ring (bicyclic) bond motifs is 2. The monoisotopic (exact) mass is 795 g/mol. The van der Waals surface area contributed by atoms with Crippen LogP contribution in [0.2, 0.25) is 0 Å².